The number of anilines is 1. The molecule has 1 aliphatic carbocycles. The summed E-state index contributed by atoms with van der Waals surface area (Å²) in [6.45, 7) is 2.88. The predicted octanol–water partition coefficient (Wildman–Crippen LogP) is 1.22. The highest BCUT2D eigenvalue weighted by atomic mass is 35.5. The third-order valence-corrected chi connectivity index (χ3v) is 4.79. The number of nitrogens with zero attached hydrogens (tertiary/aromatic N) is 3. The maximum absolute atomic E-state index is 11.1. The maximum Gasteiger partial charge on any atom is 0.224 e. The number of halogens is 1. The Labute approximate surface area is 124 Å². The Morgan fingerprint density at radius 3 is 2.70 bits per heavy atom. The van der Waals surface area contributed by atoms with Crippen LogP contribution in [0.2, 0.25) is 5.28 Å². The molecule has 2 heterocycles. The second-order valence-electron chi connectivity index (χ2n) is 5.23. The number of aromatic nitrogens is 2. The van der Waals surface area contributed by atoms with Gasteiger partial charge >= 0.3 is 0 Å². The first-order valence-electron chi connectivity index (χ1n) is 6.54. The third kappa shape index (κ3) is 2.95. The molecule has 2 aliphatic rings. The molecule has 0 spiro atoms. The van der Waals surface area contributed by atoms with Crippen LogP contribution in [0.15, 0.2) is 6.07 Å². The highest BCUT2D eigenvalue weighted by molar-refractivity contribution is 7.79. The van der Waals surface area contributed by atoms with Gasteiger partial charge in [0.25, 0.3) is 0 Å². The van der Waals surface area contributed by atoms with Crippen LogP contribution in [0.3, 0.4) is 0 Å². The summed E-state index contributed by atoms with van der Waals surface area (Å²) < 4.78 is 25.6. The number of rotatable bonds is 4. The Balaban J connectivity index is 1.88. The minimum absolute atomic E-state index is 0.194. The van der Waals surface area contributed by atoms with Crippen molar-refractivity contribution in [2.24, 2.45) is 0 Å². The summed E-state index contributed by atoms with van der Waals surface area (Å²) in [4.78, 5) is 10.6. The molecule has 0 aromatic carbocycles. The van der Waals surface area contributed by atoms with Crippen LogP contribution in [-0.4, -0.2) is 50.8 Å². The summed E-state index contributed by atoms with van der Waals surface area (Å²) in [5.74, 6) is 0.987. The quantitative estimate of drug-likeness (QED) is 0.665. The second kappa shape index (κ2) is 5.55. The lowest BCUT2D eigenvalue weighted by Gasteiger charge is -2.28. The Morgan fingerprint density at radius 2 is 2.10 bits per heavy atom. The smallest absolute Gasteiger partial charge is 0.224 e. The van der Waals surface area contributed by atoms with E-state index in [-0.39, 0.29) is 16.5 Å². The summed E-state index contributed by atoms with van der Waals surface area (Å²) in [6.07, 6.45) is 1.74. The van der Waals surface area contributed by atoms with Crippen molar-refractivity contribution >= 4 is 28.5 Å². The van der Waals surface area contributed by atoms with Gasteiger partial charge in [0, 0.05) is 24.6 Å². The largest absolute Gasteiger partial charge is 0.378 e. The maximum atomic E-state index is 11.1. The molecule has 0 bridgehead atoms. The molecular weight excluding hydrogens is 302 g/mol. The van der Waals surface area contributed by atoms with Gasteiger partial charge in [-0.05, 0) is 24.4 Å². The number of hydrogen-bond donors (Lipinski definition) is 1. The van der Waals surface area contributed by atoms with Crippen molar-refractivity contribution in [2.45, 2.75) is 18.3 Å². The van der Waals surface area contributed by atoms with E-state index in [1.807, 2.05) is 6.07 Å². The Hall–Kier alpha value is -0.760. The van der Waals surface area contributed by atoms with E-state index >= 15 is 0 Å². The van der Waals surface area contributed by atoms with E-state index in [2.05, 4.69) is 14.9 Å². The monoisotopic (exact) mass is 317 g/mol. The molecule has 1 saturated carbocycles. The number of morpholine rings is 1. The van der Waals surface area contributed by atoms with Crippen LogP contribution >= 0.6 is 11.6 Å². The van der Waals surface area contributed by atoms with E-state index in [0.717, 1.165) is 37.4 Å². The molecule has 1 aromatic rings. The summed E-state index contributed by atoms with van der Waals surface area (Å²) in [7, 11) is 0. The highest BCUT2D eigenvalue weighted by Gasteiger charge is 2.47. The van der Waals surface area contributed by atoms with Crippen LogP contribution in [0.5, 0.6) is 0 Å². The molecule has 1 atom stereocenters. The first-order chi connectivity index (χ1) is 9.59. The zero-order valence-electron chi connectivity index (χ0n) is 10.9. The Bertz CT molecular complexity index is 533. The third-order valence-electron chi connectivity index (χ3n) is 3.82. The van der Waals surface area contributed by atoms with Crippen LogP contribution < -0.4 is 4.90 Å². The average Bonchev–Trinajstić information content (AvgIpc) is 3.19. The number of ether oxygens (including phenoxy) is 1. The lowest BCUT2D eigenvalue weighted by Crippen LogP contribution is -2.37. The Morgan fingerprint density at radius 1 is 1.40 bits per heavy atom. The van der Waals surface area contributed by atoms with Crippen molar-refractivity contribution in [1.29, 1.82) is 0 Å². The Kier molecular flexibility index (Phi) is 3.94. The van der Waals surface area contributed by atoms with E-state index in [1.165, 1.54) is 0 Å². The van der Waals surface area contributed by atoms with Crippen molar-refractivity contribution in [3.05, 3.63) is 17.0 Å². The normalized spacial score (nSPS) is 22.6. The van der Waals surface area contributed by atoms with Gasteiger partial charge in [-0.3, -0.25) is 0 Å². The van der Waals surface area contributed by atoms with Crippen molar-refractivity contribution in [1.82, 2.24) is 9.97 Å². The zero-order chi connectivity index (χ0) is 14.2. The van der Waals surface area contributed by atoms with Crippen molar-refractivity contribution in [2.75, 3.05) is 37.0 Å². The first-order valence-corrected chi connectivity index (χ1v) is 8.20. The van der Waals surface area contributed by atoms with Gasteiger partial charge < -0.3 is 14.2 Å². The molecule has 1 aliphatic heterocycles. The van der Waals surface area contributed by atoms with Crippen molar-refractivity contribution in [3.63, 3.8) is 0 Å². The first kappa shape index (κ1) is 14.2. The molecule has 3 rings (SSSR count). The van der Waals surface area contributed by atoms with Crippen LogP contribution in [-0.2, 0) is 21.2 Å². The fraction of sp³-hybridized carbons (Fsp3) is 0.667. The molecule has 20 heavy (non-hydrogen) atoms. The predicted molar refractivity (Wildman–Crippen MR) is 76.6 cm³/mol. The van der Waals surface area contributed by atoms with E-state index in [0.29, 0.717) is 13.2 Å². The SMILES string of the molecule is O=S(O)CC1(c2cc(N3CCOCC3)nc(Cl)n2)CC1. The fourth-order valence-electron chi connectivity index (χ4n) is 2.49. The van der Waals surface area contributed by atoms with Crippen molar-refractivity contribution < 1.29 is 13.5 Å². The number of hydrogen-bond acceptors (Lipinski definition) is 5. The van der Waals surface area contributed by atoms with Crippen LogP contribution in [0, 0.1) is 0 Å². The average molecular weight is 318 g/mol. The van der Waals surface area contributed by atoms with Crippen LogP contribution in [0.25, 0.3) is 0 Å². The highest BCUT2D eigenvalue weighted by Crippen LogP contribution is 2.48. The minimum Gasteiger partial charge on any atom is -0.378 e. The van der Waals surface area contributed by atoms with Gasteiger partial charge in [0.1, 0.15) is 5.82 Å². The fourth-order valence-corrected chi connectivity index (χ4v) is 3.58. The summed E-state index contributed by atoms with van der Waals surface area (Å²) in [5.41, 5.74) is 0.481. The summed E-state index contributed by atoms with van der Waals surface area (Å²) in [5, 5.41) is 0.194. The molecule has 1 aromatic heterocycles. The topological polar surface area (TPSA) is 75.5 Å². The molecule has 0 amide bonds. The molecule has 1 N–H and O–H groups in total. The molecule has 1 saturated heterocycles. The molecular formula is C12H16ClN3O3S. The lowest BCUT2D eigenvalue weighted by molar-refractivity contribution is 0.122. The second-order valence-corrected chi connectivity index (χ2v) is 6.50. The van der Waals surface area contributed by atoms with Gasteiger partial charge in [0.15, 0.2) is 11.1 Å². The summed E-state index contributed by atoms with van der Waals surface area (Å²) >= 11 is 4.19. The van der Waals surface area contributed by atoms with Gasteiger partial charge in [-0.2, -0.15) is 0 Å². The standard InChI is InChI=1S/C12H16ClN3O3S/c13-11-14-9(12(1-2-12)8-20(17)18)7-10(15-11)16-3-5-19-6-4-16/h7H,1-6,8H2,(H,17,18). The zero-order valence-corrected chi connectivity index (χ0v) is 12.5. The molecule has 8 heteroatoms. The van der Waals surface area contributed by atoms with E-state index in [9.17, 15) is 4.21 Å². The van der Waals surface area contributed by atoms with Crippen LogP contribution in [0.4, 0.5) is 5.82 Å². The van der Waals surface area contributed by atoms with Gasteiger partial charge in [0.05, 0.1) is 24.7 Å². The van der Waals surface area contributed by atoms with E-state index in [1.54, 1.807) is 0 Å². The molecule has 1 unspecified atom stereocenters. The molecule has 6 nitrogen and oxygen atoms in total. The van der Waals surface area contributed by atoms with Gasteiger partial charge in [-0.1, -0.05) is 0 Å². The van der Waals surface area contributed by atoms with Crippen LogP contribution in [0.1, 0.15) is 18.5 Å². The molecule has 110 valence electrons. The lowest BCUT2D eigenvalue weighted by atomic mass is 10.1. The summed E-state index contributed by atoms with van der Waals surface area (Å²) in [6, 6.07) is 1.90. The van der Waals surface area contributed by atoms with Crippen molar-refractivity contribution in [3.8, 4) is 0 Å². The van der Waals surface area contributed by atoms with Gasteiger partial charge in [-0.25, -0.2) is 14.2 Å². The molecule has 0 radical (unpaired) electrons. The van der Waals surface area contributed by atoms with E-state index in [4.69, 9.17) is 20.9 Å². The molecule has 2 fully saturated rings. The van der Waals surface area contributed by atoms with Gasteiger partial charge in [-0.15, -0.1) is 0 Å². The van der Waals surface area contributed by atoms with E-state index < -0.39 is 11.1 Å². The minimum atomic E-state index is -1.83. The van der Waals surface area contributed by atoms with Gasteiger partial charge in [0.2, 0.25) is 5.28 Å².